The van der Waals surface area contributed by atoms with Gasteiger partial charge in [-0.05, 0) is 67.5 Å². The van der Waals surface area contributed by atoms with Crippen LogP contribution in [0.3, 0.4) is 0 Å². The van der Waals surface area contributed by atoms with E-state index in [9.17, 15) is 13.2 Å². The fourth-order valence-electron chi connectivity index (χ4n) is 6.51. The van der Waals surface area contributed by atoms with Crippen LogP contribution in [0.2, 0.25) is 0 Å². The molecule has 200 valence electrons. The van der Waals surface area contributed by atoms with Crippen molar-refractivity contribution in [2.75, 3.05) is 38.2 Å². The molecule has 1 saturated heterocycles. The Morgan fingerprint density at radius 3 is 2.42 bits per heavy atom. The van der Waals surface area contributed by atoms with Crippen LogP contribution in [0.25, 0.3) is 21.8 Å². The van der Waals surface area contributed by atoms with Gasteiger partial charge in [0.15, 0.2) is 0 Å². The molecule has 0 radical (unpaired) electrons. The molecule has 0 amide bonds. The zero-order valence-corrected chi connectivity index (χ0v) is 21.8. The van der Waals surface area contributed by atoms with Crippen LogP contribution in [-0.2, 0) is 13.2 Å². The predicted molar refractivity (Wildman–Crippen MR) is 145 cm³/mol. The number of rotatable bonds is 4. The van der Waals surface area contributed by atoms with E-state index in [1.165, 1.54) is 12.1 Å². The SMILES string of the molecule is COc1cc(N2CCN([C@H]3CC[C@@H](c4cn(C)c5ccc(C(F)(F)F)cc54)CC3)CC2)c2ncccc2c1. The molecule has 38 heavy (non-hydrogen) atoms. The van der Waals surface area contributed by atoms with Crippen LogP contribution in [0.4, 0.5) is 18.9 Å². The summed E-state index contributed by atoms with van der Waals surface area (Å²) >= 11 is 0. The molecule has 3 heterocycles. The number of hydrogen-bond acceptors (Lipinski definition) is 4. The van der Waals surface area contributed by atoms with Crippen molar-refractivity contribution in [3.05, 3.63) is 66.0 Å². The van der Waals surface area contributed by atoms with Gasteiger partial charge in [-0.1, -0.05) is 6.07 Å². The molecular weight excluding hydrogens is 489 g/mol. The fourth-order valence-corrected chi connectivity index (χ4v) is 6.51. The lowest BCUT2D eigenvalue weighted by Gasteiger charge is -2.42. The van der Waals surface area contributed by atoms with E-state index in [0.717, 1.165) is 90.7 Å². The third-order valence-electron chi connectivity index (χ3n) is 8.55. The van der Waals surface area contributed by atoms with Gasteiger partial charge in [0.2, 0.25) is 0 Å². The highest BCUT2D eigenvalue weighted by molar-refractivity contribution is 5.92. The van der Waals surface area contributed by atoms with Crippen LogP contribution in [0, 0.1) is 0 Å². The van der Waals surface area contributed by atoms with Crippen LogP contribution in [0.1, 0.15) is 42.7 Å². The number of methoxy groups -OCH3 is 1. The van der Waals surface area contributed by atoms with Gasteiger partial charge < -0.3 is 14.2 Å². The van der Waals surface area contributed by atoms with E-state index in [0.29, 0.717) is 12.0 Å². The summed E-state index contributed by atoms with van der Waals surface area (Å²) in [6, 6.07) is 12.8. The number of ether oxygens (including phenoxy) is 1. The average Bonchev–Trinajstić information content (AvgIpc) is 3.28. The van der Waals surface area contributed by atoms with Gasteiger partial charge in [-0.15, -0.1) is 0 Å². The first-order valence-corrected chi connectivity index (χ1v) is 13.4. The minimum absolute atomic E-state index is 0.300. The Morgan fingerprint density at radius 2 is 1.71 bits per heavy atom. The summed E-state index contributed by atoms with van der Waals surface area (Å²) in [6.45, 7) is 3.85. The molecule has 0 spiro atoms. The van der Waals surface area contributed by atoms with Crippen molar-refractivity contribution in [2.24, 2.45) is 7.05 Å². The topological polar surface area (TPSA) is 33.5 Å². The van der Waals surface area contributed by atoms with Crippen molar-refractivity contribution in [3.63, 3.8) is 0 Å². The third-order valence-corrected chi connectivity index (χ3v) is 8.55. The lowest BCUT2D eigenvalue weighted by atomic mass is 9.81. The summed E-state index contributed by atoms with van der Waals surface area (Å²) in [5.74, 6) is 1.14. The van der Waals surface area contributed by atoms with Gasteiger partial charge in [0.1, 0.15) is 5.75 Å². The molecule has 2 aromatic carbocycles. The van der Waals surface area contributed by atoms with Crippen LogP contribution in [-0.4, -0.2) is 53.8 Å². The number of pyridine rings is 1. The average molecular weight is 523 g/mol. The number of aromatic nitrogens is 2. The van der Waals surface area contributed by atoms with Gasteiger partial charge in [-0.2, -0.15) is 13.2 Å². The van der Waals surface area contributed by atoms with Crippen LogP contribution in [0.15, 0.2) is 54.9 Å². The molecule has 6 rings (SSSR count). The number of fused-ring (bicyclic) bond motifs is 2. The van der Waals surface area contributed by atoms with Crippen LogP contribution >= 0.6 is 0 Å². The monoisotopic (exact) mass is 522 g/mol. The largest absolute Gasteiger partial charge is 0.497 e. The maximum Gasteiger partial charge on any atom is 0.416 e. The van der Waals surface area contributed by atoms with E-state index in [4.69, 9.17) is 4.74 Å². The molecule has 1 aliphatic heterocycles. The molecule has 1 aliphatic carbocycles. The summed E-state index contributed by atoms with van der Waals surface area (Å²) in [7, 11) is 3.62. The van der Waals surface area contributed by atoms with Crippen LogP contribution < -0.4 is 9.64 Å². The maximum atomic E-state index is 13.4. The van der Waals surface area contributed by atoms with Crippen LogP contribution in [0.5, 0.6) is 5.75 Å². The lowest BCUT2D eigenvalue weighted by molar-refractivity contribution is -0.137. The minimum Gasteiger partial charge on any atom is -0.497 e. The number of nitrogens with zero attached hydrogens (tertiary/aromatic N) is 4. The second-order valence-electron chi connectivity index (χ2n) is 10.7. The van der Waals surface area contributed by atoms with Crippen molar-refractivity contribution >= 4 is 27.5 Å². The molecule has 0 unspecified atom stereocenters. The molecule has 2 fully saturated rings. The van der Waals surface area contributed by atoms with Gasteiger partial charge >= 0.3 is 6.18 Å². The van der Waals surface area contributed by atoms with Crippen molar-refractivity contribution in [3.8, 4) is 5.75 Å². The summed E-state index contributed by atoms with van der Waals surface area (Å²) < 4.78 is 47.6. The zero-order chi connectivity index (χ0) is 26.4. The van der Waals surface area contributed by atoms with Crippen molar-refractivity contribution in [1.82, 2.24) is 14.5 Å². The highest BCUT2D eigenvalue weighted by Crippen LogP contribution is 2.41. The molecule has 4 aromatic rings. The minimum atomic E-state index is -4.33. The number of piperazine rings is 1. The Bertz CT molecular complexity index is 1450. The molecule has 0 atom stereocenters. The highest BCUT2D eigenvalue weighted by atomic mass is 19.4. The number of anilines is 1. The first-order valence-electron chi connectivity index (χ1n) is 13.4. The Kier molecular flexibility index (Phi) is 6.46. The molecule has 5 nitrogen and oxygen atoms in total. The van der Waals surface area contributed by atoms with E-state index in [1.54, 1.807) is 13.2 Å². The van der Waals surface area contributed by atoms with Crippen molar-refractivity contribution in [2.45, 2.75) is 43.8 Å². The zero-order valence-electron chi connectivity index (χ0n) is 21.8. The summed E-state index contributed by atoms with van der Waals surface area (Å²) in [5, 5.41) is 1.83. The lowest BCUT2D eigenvalue weighted by Crippen LogP contribution is -2.51. The summed E-state index contributed by atoms with van der Waals surface area (Å²) in [6.07, 6.45) is 3.71. The standard InChI is InChI=1S/C30H33F3N4O/c1-35-19-26(25-17-22(30(31,32)33)7-10-27(25)35)20-5-8-23(9-6-20)36-12-14-37(15-13-36)28-18-24(38-2)16-21-4-3-11-34-29(21)28/h3-4,7,10-11,16-20,23H,5-6,8-9,12-15H2,1-2H3/t20-,23+. The van der Waals surface area contributed by atoms with Gasteiger partial charge in [0.25, 0.3) is 0 Å². The number of halogens is 3. The van der Waals surface area contributed by atoms with E-state index >= 15 is 0 Å². The first kappa shape index (κ1) is 25.0. The smallest absolute Gasteiger partial charge is 0.416 e. The van der Waals surface area contributed by atoms with Gasteiger partial charge in [-0.25, -0.2) is 0 Å². The highest BCUT2D eigenvalue weighted by Gasteiger charge is 2.33. The summed E-state index contributed by atoms with van der Waals surface area (Å²) in [4.78, 5) is 9.66. The number of hydrogen-bond donors (Lipinski definition) is 0. The Labute approximate surface area is 220 Å². The van der Waals surface area contributed by atoms with E-state index in [2.05, 4.69) is 26.9 Å². The quantitative estimate of drug-likeness (QED) is 0.302. The number of benzene rings is 2. The van der Waals surface area contributed by atoms with E-state index in [-0.39, 0.29) is 0 Å². The molecule has 8 heteroatoms. The fraction of sp³-hybridized carbons (Fsp3) is 0.433. The predicted octanol–water partition coefficient (Wildman–Crippen LogP) is 6.60. The van der Waals surface area contributed by atoms with Gasteiger partial charge in [0.05, 0.1) is 23.9 Å². The van der Waals surface area contributed by atoms with Gasteiger partial charge in [-0.3, -0.25) is 9.88 Å². The second-order valence-corrected chi connectivity index (χ2v) is 10.7. The Morgan fingerprint density at radius 1 is 0.947 bits per heavy atom. The second kappa shape index (κ2) is 9.80. The number of aryl methyl sites for hydroxylation is 1. The normalized spacial score (nSPS) is 21.3. The molecule has 2 aliphatic rings. The van der Waals surface area contributed by atoms with Crippen molar-refractivity contribution in [1.29, 1.82) is 0 Å². The molecule has 1 saturated carbocycles. The first-order chi connectivity index (χ1) is 18.3. The molecule has 0 N–H and O–H groups in total. The Balaban J connectivity index is 1.12. The maximum absolute atomic E-state index is 13.4. The molecule has 2 aromatic heterocycles. The third kappa shape index (κ3) is 4.59. The van der Waals surface area contributed by atoms with Gasteiger partial charge in [0, 0.05) is 74.0 Å². The van der Waals surface area contributed by atoms with E-state index < -0.39 is 11.7 Å². The van der Waals surface area contributed by atoms with E-state index in [1.807, 2.05) is 36.1 Å². The summed E-state index contributed by atoms with van der Waals surface area (Å²) in [5.41, 5.74) is 3.49. The molecular formula is C30H33F3N4O. The van der Waals surface area contributed by atoms with Crippen molar-refractivity contribution < 1.29 is 17.9 Å². The molecule has 0 bridgehead atoms. The number of alkyl halides is 3. The Hall–Kier alpha value is -3.26.